The predicted octanol–water partition coefficient (Wildman–Crippen LogP) is 3.00. The Morgan fingerprint density at radius 2 is 2.20 bits per heavy atom. The molecule has 2 heterocycles. The Labute approximate surface area is 156 Å². The minimum atomic E-state index is -0.0248. The van der Waals surface area contributed by atoms with E-state index in [9.17, 15) is 4.79 Å². The van der Waals surface area contributed by atoms with E-state index in [-0.39, 0.29) is 23.8 Å². The molecule has 1 N–H and O–H groups in total. The molecule has 1 amide bonds. The summed E-state index contributed by atoms with van der Waals surface area (Å²) >= 11 is 12.3. The summed E-state index contributed by atoms with van der Waals surface area (Å²) < 4.78 is 1.98. The summed E-state index contributed by atoms with van der Waals surface area (Å²) in [4.78, 5) is 19.6. The average molecular weight is 379 g/mol. The maximum absolute atomic E-state index is 13.1. The van der Waals surface area contributed by atoms with Gasteiger partial charge < -0.3 is 14.8 Å². The zero-order valence-corrected chi connectivity index (χ0v) is 15.5. The molecule has 2 aromatic rings. The first-order valence-electron chi connectivity index (χ1n) is 8.49. The molecule has 1 aliphatic carbocycles. The van der Waals surface area contributed by atoms with Crippen molar-refractivity contribution in [3.8, 4) is 0 Å². The van der Waals surface area contributed by atoms with Crippen LogP contribution in [0, 0.1) is 5.92 Å². The Kier molecular flexibility index (Phi) is 4.48. The van der Waals surface area contributed by atoms with Crippen LogP contribution < -0.4 is 5.32 Å². The first-order chi connectivity index (χ1) is 12.1. The van der Waals surface area contributed by atoms with Gasteiger partial charge in [0.15, 0.2) is 0 Å². The molecule has 1 saturated carbocycles. The van der Waals surface area contributed by atoms with Crippen molar-refractivity contribution in [2.24, 2.45) is 13.0 Å². The monoisotopic (exact) mass is 378 g/mol. The Bertz CT molecular complexity index is 806. The van der Waals surface area contributed by atoms with E-state index >= 15 is 0 Å². The molecule has 132 valence electrons. The molecule has 2 fully saturated rings. The number of aryl methyl sites for hydroxylation is 1. The molecule has 5 nitrogen and oxygen atoms in total. The van der Waals surface area contributed by atoms with Gasteiger partial charge in [0, 0.05) is 55.0 Å². The summed E-state index contributed by atoms with van der Waals surface area (Å²) in [5.41, 5.74) is 1.02. The van der Waals surface area contributed by atoms with Crippen LogP contribution in [0.25, 0.3) is 0 Å². The number of carbonyl (C=O) groups is 1. The Hall–Kier alpha value is -1.56. The second-order valence-electron chi connectivity index (χ2n) is 6.76. The smallest absolute Gasteiger partial charge is 0.227 e. The van der Waals surface area contributed by atoms with Crippen LogP contribution in [0.15, 0.2) is 30.6 Å². The second kappa shape index (κ2) is 6.63. The number of nitrogens with zero attached hydrogens (tertiary/aromatic N) is 3. The topological polar surface area (TPSA) is 50.2 Å². The number of imidazole rings is 1. The Morgan fingerprint density at radius 1 is 1.36 bits per heavy atom. The fourth-order valence-electron chi connectivity index (χ4n) is 3.72. The second-order valence-corrected chi connectivity index (χ2v) is 7.61. The third-order valence-corrected chi connectivity index (χ3v) is 5.71. The molecule has 1 aliphatic heterocycles. The van der Waals surface area contributed by atoms with Gasteiger partial charge in [-0.3, -0.25) is 4.79 Å². The maximum Gasteiger partial charge on any atom is 0.227 e. The van der Waals surface area contributed by atoms with Gasteiger partial charge in [-0.2, -0.15) is 0 Å². The van der Waals surface area contributed by atoms with E-state index in [1.54, 1.807) is 12.3 Å². The van der Waals surface area contributed by atoms with Gasteiger partial charge in [0.1, 0.15) is 11.9 Å². The fraction of sp³-hybridized carbons (Fsp3) is 0.444. The van der Waals surface area contributed by atoms with E-state index < -0.39 is 0 Å². The van der Waals surface area contributed by atoms with Crippen LogP contribution in [-0.4, -0.2) is 40.0 Å². The minimum Gasteiger partial charge on any atom is -0.336 e. The maximum atomic E-state index is 13.1. The van der Waals surface area contributed by atoms with Crippen molar-refractivity contribution in [2.75, 3.05) is 19.6 Å². The average Bonchev–Trinajstić information content (AvgIpc) is 3.27. The number of rotatable bonds is 3. The highest BCUT2D eigenvalue weighted by Crippen LogP contribution is 2.51. The summed E-state index contributed by atoms with van der Waals surface area (Å²) in [6, 6.07) is 5.50. The molecule has 1 saturated heterocycles. The largest absolute Gasteiger partial charge is 0.336 e. The van der Waals surface area contributed by atoms with Crippen LogP contribution in [0.4, 0.5) is 0 Å². The first kappa shape index (κ1) is 16.9. The van der Waals surface area contributed by atoms with E-state index in [1.807, 2.05) is 34.8 Å². The number of aromatic nitrogens is 2. The SMILES string of the molecule is Cn1ccnc1C1CNCCN1C(=O)C1CC1c1ccc(Cl)cc1Cl. The van der Waals surface area contributed by atoms with Crippen molar-refractivity contribution >= 4 is 29.1 Å². The number of nitrogens with one attached hydrogen (secondary N) is 1. The van der Waals surface area contributed by atoms with Crippen LogP contribution in [0.1, 0.15) is 29.8 Å². The van der Waals surface area contributed by atoms with Gasteiger partial charge in [-0.1, -0.05) is 29.3 Å². The standard InChI is InChI=1S/C18H20Cl2N4O/c1-23-6-5-22-17(23)16-10-21-4-7-24(16)18(25)14-9-13(14)12-3-2-11(19)8-15(12)20/h2-3,5-6,8,13-14,16,21H,4,7,9-10H2,1H3. The Balaban J connectivity index is 1.53. The molecule has 0 bridgehead atoms. The molecule has 0 spiro atoms. The normalized spacial score (nSPS) is 25.9. The zero-order chi connectivity index (χ0) is 17.6. The van der Waals surface area contributed by atoms with Gasteiger partial charge in [0.25, 0.3) is 0 Å². The van der Waals surface area contributed by atoms with Crippen molar-refractivity contribution in [3.05, 3.63) is 52.0 Å². The highest BCUT2D eigenvalue weighted by atomic mass is 35.5. The van der Waals surface area contributed by atoms with E-state index in [0.29, 0.717) is 16.6 Å². The summed E-state index contributed by atoms with van der Waals surface area (Å²) in [5.74, 6) is 1.31. The molecule has 25 heavy (non-hydrogen) atoms. The zero-order valence-electron chi connectivity index (χ0n) is 14.0. The lowest BCUT2D eigenvalue weighted by Gasteiger charge is -2.36. The quantitative estimate of drug-likeness (QED) is 0.892. The summed E-state index contributed by atoms with van der Waals surface area (Å²) in [6.45, 7) is 2.25. The fourth-order valence-corrected chi connectivity index (χ4v) is 4.27. The number of hydrogen-bond acceptors (Lipinski definition) is 3. The highest BCUT2D eigenvalue weighted by Gasteiger charge is 2.48. The lowest BCUT2D eigenvalue weighted by atomic mass is 10.1. The molecule has 2 aliphatic rings. The van der Waals surface area contributed by atoms with Crippen LogP contribution in [0.5, 0.6) is 0 Å². The summed E-state index contributed by atoms with van der Waals surface area (Å²) in [6.07, 6.45) is 4.54. The van der Waals surface area contributed by atoms with Crippen molar-refractivity contribution in [1.82, 2.24) is 19.8 Å². The van der Waals surface area contributed by atoms with Crippen molar-refractivity contribution in [3.63, 3.8) is 0 Å². The van der Waals surface area contributed by atoms with E-state index in [1.165, 1.54) is 0 Å². The molecule has 4 rings (SSSR count). The van der Waals surface area contributed by atoms with Gasteiger partial charge in [0.2, 0.25) is 5.91 Å². The van der Waals surface area contributed by atoms with E-state index in [0.717, 1.165) is 30.9 Å². The molecule has 7 heteroatoms. The van der Waals surface area contributed by atoms with Crippen LogP contribution >= 0.6 is 23.2 Å². The lowest BCUT2D eigenvalue weighted by Crippen LogP contribution is -2.50. The summed E-state index contributed by atoms with van der Waals surface area (Å²) in [7, 11) is 1.97. The number of carbonyl (C=O) groups excluding carboxylic acids is 1. The summed E-state index contributed by atoms with van der Waals surface area (Å²) in [5, 5.41) is 4.64. The highest BCUT2D eigenvalue weighted by molar-refractivity contribution is 6.35. The number of benzene rings is 1. The van der Waals surface area contributed by atoms with Crippen molar-refractivity contribution < 1.29 is 4.79 Å². The molecule has 1 aromatic carbocycles. The van der Waals surface area contributed by atoms with Crippen molar-refractivity contribution in [2.45, 2.75) is 18.4 Å². The van der Waals surface area contributed by atoms with Gasteiger partial charge in [-0.15, -0.1) is 0 Å². The Morgan fingerprint density at radius 3 is 2.92 bits per heavy atom. The van der Waals surface area contributed by atoms with Crippen LogP contribution in [0.3, 0.4) is 0 Å². The predicted molar refractivity (Wildman–Crippen MR) is 97.8 cm³/mol. The minimum absolute atomic E-state index is 0.000422. The third kappa shape index (κ3) is 3.16. The van der Waals surface area contributed by atoms with Crippen LogP contribution in [-0.2, 0) is 11.8 Å². The molecular weight excluding hydrogens is 359 g/mol. The van der Waals surface area contributed by atoms with Gasteiger partial charge >= 0.3 is 0 Å². The molecule has 3 unspecified atom stereocenters. The van der Waals surface area contributed by atoms with Crippen LogP contribution in [0.2, 0.25) is 10.0 Å². The van der Waals surface area contributed by atoms with Crippen molar-refractivity contribution in [1.29, 1.82) is 0 Å². The molecule has 3 atom stereocenters. The number of piperazine rings is 1. The van der Waals surface area contributed by atoms with E-state index in [2.05, 4.69) is 10.3 Å². The van der Waals surface area contributed by atoms with Gasteiger partial charge in [-0.05, 0) is 30.0 Å². The van der Waals surface area contributed by atoms with Gasteiger partial charge in [0.05, 0.1) is 0 Å². The number of halogens is 2. The lowest BCUT2D eigenvalue weighted by molar-refractivity contribution is -0.136. The van der Waals surface area contributed by atoms with Gasteiger partial charge in [-0.25, -0.2) is 4.98 Å². The van der Waals surface area contributed by atoms with E-state index in [4.69, 9.17) is 23.2 Å². The molecule has 0 radical (unpaired) electrons. The number of amides is 1. The third-order valence-electron chi connectivity index (χ3n) is 5.15. The number of hydrogen-bond donors (Lipinski definition) is 1. The molecular formula is C18H20Cl2N4O. The molecule has 1 aromatic heterocycles. The first-order valence-corrected chi connectivity index (χ1v) is 9.25.